The van der Waals surface area contributed by atoms with Crippen LogP contribution in [0.2, 0.25) is 0 Å². The molecule has 0 saturated carbocycles. The van der Waals surface area contributed by atoms with Gasteiger partial charge in [0.2, 0.25) is 0 Å². The third-order valence-electron chi connectivity index (χ3n) is 2.24. The molecule has 1 aromatic carbocycles. The quantitative estimate of drug-likeness (QED) is 0.817. The monoisotopic (exact) mass is 214 g/mol. The largest absolute Gasteiger partial charge is 0.390 e. The van der Waals surface area contributed by atoms with Crippen LogP contribution in [0, 0.1) is 5.92 Å². The van der Waals surface area contributed by atoms with E-state index in [1.54, 1.807) is 18.2 Å². The van der Waals surface area contributed by atoms with E-state index in [1.165, 1.54) is 6.07 Å². The lowest BCUT2D eigenvalue weighted by Crippen LogP contribution is -2.21. The molecule has 3 heteroatoms. The van der Waals surface area contributed by atoms with E-state index in [9.17, 15) is 8.78 Å². The SMILES string of the molecule is CC(C)Cc1ccccc1C(F)(F)CO. The van der Waals surface area contributed by atoms with Crippen molar-refractivity contribution in [2.24, 2.45) is 5.92 Å². The highest BCUT2D eigenvalue weighted by molar-refractivity contribution is 5.31. The summed E-state index contributed by atoms with van der Waals surface area (Å²) in [5, 5.41) is 8.66. The number of aliphatic hydroxyl groups is 1. The molecule has 0 atom stereocenters. The van der Waals surface area contributed by atoms with Crippen molar-refractivity contribution in [1.29, 1.82) is 0 Å². The third kappa shape index (κ3) is 2.99. The molecule has 0 bridgehead atoms. The Morgan fingerprint density at radius 1 is 1.27 bits per heavy atom. The van der Waals surface area contributed by atoms with Crippen LogP contribution in [0.4, 0.5) is 8.78 Å². The highest BCUT2D eigenvalue weighted by Gasteiger charge is 2.32. The minimum atomic E-state index is -3.13. The first kappa shape index (κ1) is 12.1. The zero-order valence-corrected chi connectivity index (χ0v) is 9.00. The molecular weight excluding hydrogens is 198 g/mol. The van der Waals surface area contributed by atoms with Gasteiger partial charge in [-0.25, -0.2) is 0 Å². The Morgan fingerprint density at radius 2 is 1.87 bits per heavy atom. The molecule has 0 saturated heterocycles. The molecule has 1 aromatic rings. The van der Waals surface area contributed by atoms with Crippen LogP contribution in [0.5, 0.6) is 0 Å². The Kier molecular flexibility index (Phi) is 3.80. The molecule has 0 radical (unpaired) electrons. The van der Waals surface area contributed by atoms with E-state index in [2.05, 4.69) is 0 Å². The van der Waals surface area contributed by atoms with Gasteiger partial charge in [-0.1, -0.05) is 38.1 Å². The molecule has 0 heterocycles. The van der Waals surface area contributed by atoms with E-state index >= 15 is 0 Å². The van der Waals surface area contributed by atoms with E-state index in [1.807, 2.05) is 13.8 Å². The van der Waals surface area contributed by atoms with E-state index in [0.717, 1.165) is 0 Å². The van der Waals surface area contributed by atoms with Gasteiger partial charge in [0, 0.05) is 5.56 Å². The Morgan fingerprint density at radius 3 is 2.40 bits per heavy atom. The van der Waals surface area contributed by atoms with Gasteiger partial charge in [0.25, 0.3) is 5.92 Å². The van der Waals surface area contributed by atoms with Crippen LogP contribution >= 0.6 is 0 Å². The van der Waals surface area contributed by atoms with Crippen LogP contribution in [0.3, 0.4) is 0 Å². The summed E-state index contributed by atoms with van der Waals surface area (Å²) in [6, 6.07) is 6.39. The predicted octanol–water partition coefficient (Wildman–Crippen LogP) is 2.97. The first-order valence-corrected chi connectivity index (χ1v) is 5.04. The van der Waals surface area contributed by atoms with Crippen molar-refractivity contribution in [2.45, 2.75) is 26.2 Å². The third-order valence-corrected chi connectivity index (χ3v) is 2.24. The van der Waals surface area contributed by atoms with Crippen molar-refractivity contribution in [1.82, 2.24) is 0 Å². The molecule has 0 fully saturated rings. The van der Waals surface area contributed by atoms with Gasteiger partial charge in [0.1, 0.15) is 6.61 Å². The predicted molar refractivity (Wildman–Crippen MR) is 56.0 cm³/mol. The van der Waals surface area contributed by atoms with Crippen molar-refractivity contribution in [3.63, 3.8) is 0 Å². The normalized spacial score (nSPS) is 12.1. The number of hydrogen-bond donors (Lipinski definition) is 1. The number of benzene rings is 1. The lowest BCUT2D eigenvalue weighted by atomic mass is 9.95. The Bertz CT molecular complexity index is 321. The second-order valence-corrected chi connectivity index (χ2v) is 4.12. The molecule has 0 aliphatic heterocycles. The van der Waals surface area contributed by atoms with Crippen molar-refractivity contribution in [2.75, 3.05) is 6.61 Å². The molecule has 84 valence electrons. The van der Waals surface area contributed by atoms with Crippen LogP contribution in [-0.2, 0) is 12.3 Å². The topological polar surface area (TPSA) is 20.2 Å². The Hall–Kier alpha value is -0.960. The van der Waals surface area contributed by atoms with E-state index in [-0.39, 0.29) is 5.56 Å². The highest BCUT2D eigenvalue weighted by Crippen LogP contribution is 2.31. The van der Waals surface area contributed by atoms with Gasteiger partial charge in [-0.15, -0.1) is 0 Å². The number of rotatable bonds is 4. The molecule has 0 aromatic heterocycles. The van der Waals surface area contributed by atoms with Crippen LogP contribution in [0.15, 0.2) is 24.3 Å². The van der Waals surface area contributed by atoms with Gasteiger partial charge >= 0.3 is 0 Å². The first-order chi connectivity index (χ1) is 6.97. The molecule has 0 aliphatic carbocycles. The van der Waals surface area contributed by atoms with Crippen LogP contribution < -0.4 is 0 Å². The average Bonchev–Trinajstić information content (AvgIpc) is 2.17. The van der Waals surface area contributed by atoms with Gasteiger partial charge in [-0.2, -0.15) is 8.78 Å². The van der Waals surface area contributed by atoms with Gasteiger partial charge in [-0.05, 0) is 17.9 Å². The minimum absolute atomic E-state index is 0.0544. The van der Waals surface area contributed by atoms with Crippen LogP contribution in [-0.4, -0.2) is 11.7 Å². The fourth-order valence-electron chi connectivity index (χ4n) is 1.58. The summed E-state index contributed by atoms with van der Waals surface area (Å²) in [4.78, 5) is 0. The fraction of sp³-hybridized carbons (Fsp3) is 0.500. The summed E-state index contributed by atoms with van der Waals surface area (Å²) < 4.78 is 26.7. The molecule has 0 aliphatic rings. The van der Waals surface area contributed by atoms with Gasteiger partial charge < -0.3 is 5.11 Å². The van der Waals surface area contributed by atoms with Crippen LogP contribution in [0.1, 0.15) is 25.0 Å². The Labute approximate surface area is 88.7 Å². The highest BCUT2D eigenvalue weighted by atomic mass is 19.3. The van der Waals surface area contributed by atoms with E-state index < -0.39 is 12.5 Å². The molecule has 1 rings (SSSR count). The summed E-state index contributed by atoms with van der Waals surface area (Å²) in [6.07, 6.45) is 0.603. The maximum atomic E-state index is 13.3. The standard InChI is InChI=1S/C12H16F2O/c1-9(2)7-10-5-3-4-6-11(10)12(13,14)8-15/h3-6,9,15H,7-8H2,1-2H3. The summed E-state index contributed by atoms with van der Waals surface area (Å²) in [5.74, 6) is -2.81. The molecule has 15 heavy (non-hydrogen) atoms. The van der Waals surface area contributed by atoms with Gasteiger partial charge in [0.15, 0.2) is 0 Å². The second-order valence-electron chi connectivity index (χ2n) is 4.12. The zero-order valence-electron chi connectivity index (χ0n) is 9.00. The second kappa shape index (κ2) is 4.71. The summed E-state index contributed by atoms with van der Waals surface area (Å²) in [7, 11) is 0. The Balaban J connectivity index is 3.06. The number of aliphatic hydroxyl groups excluding tert-OH is 1. The van der Waals surface area contributed by atoms with Gasteiger partial charge in [0.05, 0.1) is 0 Å². The number of alkyl halides is 2. The zero-order chi connectivity index (χ0) is 11.5. The molecule has 0 spiro atoms. The molecule has 0 amide bonds. The van der Waals surface area contributed by atoms with E-state index in [4.69, 9.17) is 5.11 Å². The van der Waals surface area contributed by atoms with E-state index in [0.29, 0.717) is 17.9 Å². The van der Waals surface area contributed by atoms with Crippen molar-refractivity contribution >= 4 is 0 Å². The number of hydrogen-bond acceptors (Lipinski definition) is 1. The molecular formula is C12H16F2O. The average molecular weight is 214 g/mol. The molecule has 1 N–H and O–H groups in total. The van der Waals surface area contributed by atoms with Gasteiger partial charge in [-0.3, -0.25) is 0 Å². The maximum absolute atomic E-state index is 13.3. The maximum Gasteiger partial charge on any atom is 0.296 e. The van der Waals surface area contributed by atoms with Crippen LogP contribution in [0.25, 0.3) is 0 Å². The van der Waals surface area contributed by atoms with Crippen molar-refractivity contribution in [3.05, 3.63) is 35.4 Å². The molecule has 1 nitrogen and oxygen atoms in total. The first-order valence-electron chi connectivity index (χ1n) is 5.04. The lowest BCUT2D eigenvalue weighted by Gasteiger charge is -2.18. The van der Waals surface area contributed by atoms with Crippen molar-refractivity contribution < 1.29 is 13.9 Å². The summed E-state index contributed by atoms with van der Waals surface area (Å²) >= 11 is 0. The van der Waals surface area contributed by atoms with Crippen molar-refractivity contribution in [3.8, 4) is 0 Å². The fourth-order valence-corrected chi connectivity index (χ4v) is 1.58. The molecule has 0 unspecified atom stereocenters. The minimum Gasteiger partial charge on any atom is -0.390 e. The lowest BCUT2D eigenvalue weighted by molar-refractivity contribution is -0.0563. The summed E-state index contributed by atoms with van der Waals surface area (Å²) in [6.45, 7) is 2.82. The number of halogens is 2. The summed E-state index contributed by atoms with van der Waals surface area (Å²) in [5.41, 5.74) is 0.563. The smallest absolute Gasteiger partial charge is 0.296 e.